The average molecular weight is 448 g/mol. The van der Waals surface area contributed by atoms with E-state index in [1.807, 2.05) is 0 Å². The quantitative estimate of drug-likeness (QED) is 0.515. The van der Waals surface area contributed by atoms with Gasteiger partial charge in [0.2, 0.25) is 10.0 Å². The van der Waals surface area contributed by atoms with E-state index in [0.717, 1.165) is 0 Å². The van der Waals surface area contributed by atoms with Crippen molar-refractivity contribution in [2.45, 2.75) is 24.3 Å². The lowest BCUT2D eigenvalue weighted by atomic mass is 10.0. The molecule has 0 aliphatic heterocycles. The molecule has 0 heterocycles. The lowest BCUT2D eigenvalue weighted by molar-refractivity contribution is -0.143. The fraction of sp³-hybridized carbons (Fsp3) is 0.227. The zero-order valence-corrected chi connectivity index (χ0v) is 18.2. The molecular formula is C22H22ClNO5S. The standard InChI is InChI=1S/C22H22ClNO5S/c1-3-29-22(25)14-20(15-8-10-16(28-2)11-9-15)24-30(26,27)21-13-12-19(23)17-6-4-5-7-18(17)21/h4-13,20,24H,3,14H2,1-2H3/t20-/m0/s1. The van der Waals surface area contributed by atoms with Crippen molar-refractivity contribution >= 4 is 38.4 Å². The van der Waals surface area contributed by atoms with Gasteiger partial charge in [-0.2, -0.15) is 0 Å². The normalized spacial score (nSPS) is 12.5. The number of rotatable bonds is 8. The first-order valence-corrected chi connectivity index (χ1v) is 11.2. The lowest BCUT2D eigenvalue weighted by Gasteiger charge is -2.20. The molecule has 0 aliphatic carbocycles. The second-order valence-electron chi connectivity index (χ2n) is 6.55. The molecule has 6 nitrogen and oxygen atoms in total. The first kappa shape index (κ1) is 22.1. The molecule has 0 aliphatic rings. The Labute approximate surface area is 180 Å². The smallest absolute Gasteiger partial charge is 0.307 e. The number of hydrogen-bond acceptors (Lipinski definition) is 5. The molecule has 0 amide bonds. The van der Waals surface area contributed by atoms with Crippen molar-refractivity contribution in [3.63, 3.8) is 0 Å². The summed E-state index contributed by atoms with van der Waals surface area (Å²) in [6.07, 6.45) is -0.148. The highest BCUT2D eigenvalue weighted by molar-refractivity contribution is 7.89. The fourth-order valence-corrected chi connectivity index (χ4v) is 4.83. The Balaban J connectivity index is 2.00. The molecule has 0 saturated carbocycles. The van der Waals surface area contributed by atoms with Crippen LogP contribution in [0.5, 0.6) is 5.75 Å². The number of sulfonamides is 1. The van der Waals surface area contributed by atoms with E-state index in [9.17, 15) is 13.2 Å². The number of ether oxygens (including phenoxy) is 2. The second-order valence-corrected chi connectivity index (χ2v) is 8.64. The van der Waals surface area contributed by atoms with Crippen molar-refractivity contribution < 1.29 is 22.7 Å². The predicted molar refractivity (Wildman–Crippen MR) is 116 cm³/mol. The van der Waals surface area contributed by atoms with Gasteiger partial charge in [0.05, 0.1) is 31.1 Å². The van der Waals surface area contributed by atoms with Crippen molar-refractivity contribution in [2.24, 2.45) is 0 Å². The third-order valence-electron chi connectivity index (χ3n) is 4.61. The summed E-state index contributed by atoms with van der Waals surface area (Å²) in [6, 6.07) is 16.0. The maximum atomic E-state index is 13.3. The van der Waals surface area contributed by atoms with E-state index in [-0.39, 0.29) is 17.9 Å². The molecule has 3 aromatic rings. The van der Waals surface area contributed by atoms with Gasteiger partial charge in [0.1, 0.15) is 5.75 Å². The summed E-state index contributed by atoms with van der Waals surface area (Å²) >= 11 is 6.22. The molecule has 0 fully saturated rings. The maximum Gasteiger partial charge on any atom is 0.307 e. The van der Waals surface area contributed by atoms with Crippen molar-refractivity contribution in [3.8, 4) is 5.75 Å². The van der Waals surface area contributed by atoms with Gasteiger partial charge in [-0.25, -0.2) is 13.1 Å². The third kappa shape index (κ3) is 4.92. The van der Waals surface area contributed by atoms with E-state index in [4.69, 9.17) is 21.1 Å². The summed E-state index contributed by atoms with van der Waals surface area (Å²) in [6.45, 7) is 1.91. The molecule has 3 rings (SSSR count). The van der Waals surface area contributed by atoms with Crippen LogP contribution >= 0.6 is 11.6 Å². The Hall–Kier alpha value is -2.61. The van der Waals surface area contributed by atoms with Crippen LogP contribution in [0.2, 0.25) is 5.02 Å². The topological polar surface area (TPSA) is 81.7 Å². The van der Waals surface area contributed by atoms with Gasteiger partial charge in [-0.15, -0.1) is 0 Å². The summed E-state index contributed by atoms with van der Waals surface area (Å²) in [7, 11) is -2.43. The number of methoxy groups -OCH3 is 1. The number of benzene rings is 3. The van der Waals surface area contributed by atoms with Crippen LogP contribution in [0.4, 0.5) is 0 Å². The van der Waals surface area contributed by atoms with Crippen LogP contribution in [0.1, 0.15) is 24.9 Å². The van der Waals surface area contributed by atoms with Crippen molar-refractivity contribution in [1.29, 1.82) is 0 Å². The zero-order chi connectivity index (χ0) is 21.7. The van der Waals surface area contributed by atoms with Crippen molar-refractivity contribution in [2.75, 3.05) is 13.7 Å². The van der Waals surface area contributed by atoms with Crippen LogP contribution in [0.15, 0.2) is 65.6 Å². The summed E-state index contributed by atoms with van der Waals surface area (Å²) < 4.78 is 39.4. The third-order valence-corrected chi connectivity index (χ3v) is 6.47. The maximum absolute atomic E-state index is 13.3. The number of halogens is 1. The second kappa shape index (κ2) is 9.47. The van der Waals surface area contributed by atoms with Gasteiger partial charge in [-0.1, -0.05) is 48.0 Å². The van der Waals surface area contributed by atoms with Gasteiger partial charge in [-0.05, 0) is 36.8 Å². The summed E-state index contributed by atoms with van der Waals surface area (Å²) in [5, 5.41) is 1.60. The van der Waals surface area contributed by atoms with Crippen molar-refractivity contribution in [3.05, 3.63) is 71.2 Å². The van der Waals surface area contributed by atoms with E-state index < -0.39 is 22.0 Å². The summed E-state index contributed by atoms with van der Waals surface area (Å²) in [5.74, 6) is 0.127. The molecule has 1 N–H and O–H groups in total. The van der Waals surface area contributed by atoms with Gasteiger partial charge in [0.25, 0.3) is 0 Å². The van der Waals surface area contributed by atoms with E-state index in [1.54, 1.807) is 68.6 Å². The molecule has 1 atom stereocenters. The molecule has 30 heavy (non-hydrogen) atoms. The number of nitrogens with one attached hydrogen (secondary N) is 1. The van der Waals surface area contributed by atoms with Gasteiger partial charge < -0.3 is 9.47 Å². The van der Waals surface area contributed by atoms with E-state index in [1.165, 1.54) is 6.07 Å². The summed E-state index contributed by atoms with van der Waals surface area (Å²) in [4.78, 5) is 12.2. The number of carbonyl (C=O) groups is 1. The van der Waals surface area contributed by atoms with Gasteiger partial charge in [0, 0.05) is 15.8 Å². The molecule has 0 saturated heterocycles. The SMILES string of the molecule is CCOC(=O)C[C@H](NS(=O)(=O)c1ccc(Cl)c2ccccc12)c1ccc(OC)cc1. The van der Waals surface area contributed by atoms with Gasteiger partial charge >= 0.3 is 5.97 Å². The Morgan fingerprint density at radius 1 is 1.03 bits per heavy atom. The fourth-order valence-electron chi connectivity index (χ4n) is 3.17. The molecular weight excluding hydrogens is 426 g/mol. The first-order chi connectivity index (χ1) is 14.4. The van der Waals surface area contributed by atoms with Crippen LogP contribution in [-0.4, -0.2) is 28.1 Å². The monoisotopic (exact) mass is 447 g/mol. The average Bonchev–Trinajstić information content (AvgIpc) is 2.73. The molecule has 0 bridgehead atoms. The van der Waals surface area contributed by atoms with Crippen LogP contribution in [0, 0.1) is 0 Å². The van der Waals surface area contributed by atoms with E-state index in [2.05, 4.69) is 4.72 Å². The Morgan fingerprint density at radius 2 is 1.70 bits per heavy atom. The molecule has 0 radical (unpaired) electrons. The minimum absolute atomic E-state index is 0.0878. The number of esters is 1. The van der Waals surface area contributed by atoms with E-state index >= 15 is 0 Å². The van der Waals surface area contributed by atoms with E-state index in [0.29, 0.717) is 27.1 Å². The molecule has 8 heteroatoms. The van der Waals surface area contributed by atoms with Gasteiger partial charge in [-0.3, -0.25) is 4.79 Å². The molecule has 0 spiro atoms. The largest absolute Gasteiger partial charge is 0.497 e. The highest BCUT2D eigenvalue weighted by Gasteiger charge is 2.26. The highest BCUT2D eigenvalue weighted by atomic mass is 35.5. The van der Waals surface area contributed by atoms with Crippen LogP contribution in [0.3, 0.4) is 0 Å². The number of hydrogen-bond donors (Lipinski definition) is 1. The minimum atomic E-state index is -3.97. The van der Waals surface area contributed by atoms with Crippen LogP contribution in [-0.2, 0) is 19.6 Å². The molecule has 0 aromatic heterocycles. The Morgan fingerprint density at radius 3 is 2.33 bits per heavy atom. The number of carbonyl (C=O) groups excluding carboxylic acids is 1. The lowest BCUT2D eigenvalue weighted by Crippen LogP contribution is -2.31. The van der Waals surface area contributed by atoms with Gasteiger partial charge in [0.15, 0.2) is 0 Å². The molecule has 3 aromatic carbocycles. The molecule has 0 unspecified atom stereocenters. The first-order valence-electron chi connectivity index (χ1n) is 9.35. The minimum Gasteiger partial charge on any atom is -0.497 e. The zero-order valence-electron chi connectivity index (χ0n) is 16.6. The summed E-state index contributed by atoms with van der Waals surface area (Å²) in [5.41, 5.74) is 0.616. The Bertz CT molecular complexity index is 1150. The van der Waals surface area contributed by atoms with Crippen LogP contribution in [0.25, 0.3) is 10.8 Å². The molecule has 158 valence electrons. The predicted octanol–water partition coefficient (Wildman–Crippen LogP) is 4.47. The van der Waals surface area contributed by atoms with Crippen LogP contribution < -0.4 is 9.46 Å². The highest BCUT2D eigenvalue weighted by Crippen LogP contribution is 2.31. The van der Waals surface area contributed by atoms with Crippen molar-refractivity contribution in [1.82, 2.24) is 4.72 Å². The Kier molecular flexibility index (Phi) is 6.97. The number of fused-ring (bicyclic) bond motifs is 1.